The minimum absolute atomic E-state index is 0.132. The van der Waals surface area contributed by atoms with E-state index in [1.807, 2.05) is 0 Å². The smallest absolute Gasteiger partial charge is 0.387 e. The Hall–Kier alpha value is -1.43. The maximum absolute atomic E-state index is 12.1. The second-order valence-electron chi connectivity index (χ2n) is 6.03. The Morgan fingerprint density at radius 2 is 1.59 bits per heavy atom. The largest absolute Gasteiger partial charge is 0.435 e. The molecule has 0 bridgehead atoms. The number of anilines is 1. The summed E-state index contributed by atoms with van der Waals surface area (Å²) < 4.78 is 28.6. The van der Waals surface area contributed by atoms with E-state index < -0.39 is 6.61 Å². The first-order valence-electron chi connectivity index (χ1n) is 7.38. The molecule has 0 saturated heterocycles. The normalized spacial score (nSPS) is 11.1. The molecule has 0 aliphatic carbocycles. The van der Waals surface area contributed by atoms with Crippen LogP contribution in [0.1, 0.15) is 27.7 Å². The van der Waals surface area contributed by atoms with Crippen LogP contribution in [0.25, 0.3) is 0 Å². The fraction of sp³-hybridized carbons (Fsp3) is 0.562. The molecule has 6 heteroatoms. The van der Waals surface area contributed by atoms with Crippen LogP contribution in [0.5, 0.6) is 5.75 Å². The molecule has 1 aromatic carbocycles. The minimum atomic E-state index is -2.81. The van der Waals surface area contributed by atoms with E-state index >= 15 is 0 Å². The van der Waals surface area contributed by atoms with Gasteiger partial charge in [-0.2, -0.15) is 8.78 Å². The molecule has 0 aliphatic rings. The minimum Gasteiger partial charge on any atom is -0.435 e. The van der Waals surface area contributed by atoms with E-state index in [4.69, 9.17) is 12.2 Å². The lowest BCUT2D eigenvalue weighted by Crippen LogP contribution is -2.39. The summed E-state index contributed by atoms with van der Waals surface area (Å²) in [5, 5.41) is 3.79. The van der Waals surface area contributed by atoms with Gasteiger partial charge in [0.15, 0.2) is 5.11 Å². The van der Waals surface area contributed by atoms with Crippen LogP contribution < -0.4 is 10.1 Å². The Morgan fingerprint density at radius 1 is 1.09 bits per heavy atom. The van der Waals surface area contributed by atoms with Crippen molar-refractivity contribution in [3.05, 3.63) is 24.3 Å². The van der Waals surface area contributed by atoms with Crippen LogP contribution in [0, 0.1) is 11.8 Å². The summed E-state index contributed by atoms with van der Waals surface area (Å²) in [5.41, 5.74) is 0.754. The van der Waals surface area contributed by atoms with Crippen molar-refractivity contribution in [2.75, 3.05) is 18.4 Å². The number of nitrogens with zero attached hydrogens (tertiary/aromatic N) is 1. The SMILES string of the molecule is CC(C)CN(CC(C)C)C(=S)Nc1ccc(OC(F)F)cc1. The molecular formula is C16H24F2N2OS. The van der Waals surface area contributed by atoms with Gasteiger partial charge in [0, 0.05) is 18.8 Å². The molecule has 3 nitrogen and oxygen atoms in total. The molecule has 0 radical (unpaired) electrons. The molecule has 0 aliphatic heterocycles. The van der Waals surface area contributed by atoms with Crippen LogP contribution in [0.3, 0.4) is 0 Å². The fourth-order valence-electron chi connectivity index (χ4n) is 2.04. The number of rotatable bonds is 7. The predicted molar refractivity (Wildman–Crippen MR) is 90.5 cm³/mol. The number of benzene rings is 1. The lowest BCUT2D eigenvalue weighted by Gasteiger charge is -2.29. The second-order valence-corrected chi connectivity index (χ2v) is 6.41. The Kier molecular flexibility index (Phi) is 7.51. The van der Waals surface area contributed by atoms with Gasteiger partial charge in [-0.05, 0) is 48.3 Å². The highest BCUT2D eigenvalue weighted by Crippen LogP contribution is 2.18. The van der Waals surface area contributed by atoms with Crippen molar-refractivity contribution in [3.8, 4) is 5.75 Å². The van der Waals surface area contributed by atoms with Crippen molar-refractivity contribution in [1.82, 2.24) is 4.90 Å². The van der Waals surface area contributed by atoms with E-state index in [1.54, 1.807) is 12.1 Å². The highest BCUT2D eigenvalue weighted by atomic mass is 32.1. The topological polar surface area (TPSA) is 24.5 Å². The number of hydrogen-bond acceptors (Lipinski definition) is 2. The molecular weight excluding hydrogens is 306 g/mol. The molecule has 22 heavy (non-hydrogen) atoms. The van der Waals surface area contributed by atoms with Crippen molar-refractivity contribution in [2.24, 2.45) is 11.8 Å². The van der Waals surface area contributed by atoms with Crippen LogP contribution in [0.15, 0.2) is 24.3 Å². The van der Waals surface area contributed by atoms with Crippen LogP contribution >= 0.6 is 12.2 Å². The van der Waals surface area contributed by atoms with Gasteiger partial charge in [0.1, 0.15) is 5.75 Å². The average Bonchev–Trinajstić information content (AvgIpc) is 2.38. The molecule has 0 fully saturated rings. The summed E-state index contributed by atoms with van der Waals surface area (Å²) in [5.74, 6) is 1.13. The Balaban J connectivity index is 2.67. The molecule has 0 aromatic heterocycles. The second kappa shape index (κ2) is 8.88. The zero-order chi connectivity index (χ0) is 16.7. The molecule has 1 aromatic rings. The van der Waals surface area contributed by atoms with Crippen molar-refractivity contribution in [2.45, 2.75) is 34.3 Å². The van der Waals surface area contributed by atoms with Gasteiger partial charge in [-0.1, -0.05) is 27.7 Å². The third kappa shape index (κ3) is 7.02. The Bertz CT molecular complexity index is 454. The maximum Gasteiger partial charge on any atom is 0.387 e. The van der Waals surface area contributed by atoms with Gasteiger partial charge in [-0.25, -0.2) is 0 Å². The van der Waals surface area contributed by atoms with E-state index in [9.17, 15) is 8.78 Å². The highest BCUT2D eigenvalue weighted by molar-refractivity contribution is 7.80. The molecule has 0 heterocycles. The quantitative estimate of drug-likeness (QED) is 0.739. The number of hydrogen-bond donors (Lipinski definition) is 1. The number of ether oxygens (including phenoxy) is 1. The average molecular weight is 330 g/mol. The molecule has 0 saturated carbocycles. The number of thiocarbonyl (C=S) groups is 1. The zero-order valence-electron chi connectivity index (χ0n) is 13.5. The Morgan fingerprint density at radius 3 is 2.00 bits per heavy atom. The van der Waals surface area contributed by atoms with Gasteiger partial charge in [0.2, 0.25) is 0 Å². The molecule has 0 spiro atoms. The monoisotopic (exact) mass is 330 g/mol. The third-order valence-corrected chi connectivity index (χ3v) is 3.15. The summed E-state index contributed by atoms with van der Waals surface area (Å²) in [6.45, 7) is 7.51. The summed E-state index contributed by atoms with van der Waals surface area (Å²) >= 11 is 5.46. The first-order chi connectivity index (χ1) is 10.3. The fourth-order valence-corrected chi connectivity index (χ4v) is 2.31. The molecule has 0 unspecified atom stereocenters. The van der Waals surface area contributed by atoms with Gasteiger partial charge in [-0.15, -0.1) is 0 Å². The summed E-state index contributed by atoms with van der Waals surface area (Å²) in [6.07, 6.45) is 0. The van der Waals surface area contributed by atoms with E-state index in [2.05, 4.69) is 42.6 Å². The van der Waals surface area contributed by atoms with E-state index in [1.165, 1.54) is 12.1 Å². The first-order valence-corrected chi connectivity index (χ1v) is 7.79. The van der Waals surface area contributed by atoms with Crippen LogP contribution in [-0.4, -0.2) is 29.7 Å². The highest BCUT2D eigenvalue weighted by Gasteiger charge is 2.13. The molecule has 1 N–H and O–H groups in total. The lowest BCUT2D eigenvalue weighted by atomic mass is 10.1. The van der Waals surface area contributed by atoms with E-state index in [0.29, 0.717) is 16.9 Å². The van der Waals surface area contributed by atoms with Crippen molar-refractivity contribution in [1.29, 1.82) is 0 Å². The van der Waals surface area contributed by atoms with Crippen molar-refractivity contribution >= 4 is 23.0 Å². The van der Waals surface area contributed by atoms with Crippen LogP contribution in [-0.2, 0) is 0 Å². The maximum atomic E-state index is 12.1. The summed E-state index contributed by atoms with van der Waals surface area (Å²) in [4.78, 5) is 2.13. The molecule has 124 valence electrons. The van der Waals surface area contributed by atoms with E-state index in [0.717, 1.165) is 18.8 Å². The number of alkyl halides is 2. The van der Waals surface area contributed by atoms with Gasteiger partial charge >= 0.3 is 6.61 Å². The van der Waals surface area contributed by atoms with E-state index in [-0.39, 0.29) is 5.75 Å². The third-order valence-electron chi connectivity index (χ3n) is 2.79. The summed E-state index contributed by atoms with van der Waals surface area (Å²) in [6, 6.07) is 6.33. The summed E-state index contributed by atoms with van der Waals surface area (Å²) in [7, 11) is 0. The number of nitrogens with one attached hydrogen (secondary N) is 1. The van der Waals surface area contributed by atoms with Gasteiger partial charge in [0.05, 0.1) is 0 Å². The standard InChI is InChI=1S/C16H24F2N2OS/c1-11(2)9-20(10-12(3)4)16(22)19-13-5-7-14(8-6-13)21-15(17)18/h5-8,11-12,15H,9-10H2,1-4H3,(H,19,22). The van der Waals surface area contributed by atoms with Gasteiger partial charge < -0.3 is 15.0 Å². The van der Waals surface area contributed by atoms with Crippen LogP contribution in [0.2, 0.25) is 0 Å². The first kappa shape index (κ1) is 18.6. The Labute approximate surface area is 136 Å². The van der Waals surface area contributed by atoms with Gasteiger partial charge in [0.25, 0.3) is 0 Å². The molecule has 0 amide bonds. The van der Waals surface area contributed by atoms with Gasteiger partial charge in [-0.3, -0.25) is 0 Å². The molecule has 1 rings (SSSR count). The molecule has 0 atom stereocenters. The van der Waals surface area contributed by atoms with Crippen LogP contribution in [0.4, 0.5) is 14.5 Å². The zero-order valence-corrected chi connectivity index (χ0v) is 14.3. The predicted octanol–water partition coefficient (Wildman–Crippen LogP) is 4.60. The lowest BCUT2D eigenvalue weighted by molar-refractivity contribution is -0.0498. The number of halogens is 2. The van der Waals surface area contributed by atoms with Crippen molar-refractivity contribution in [3.63, 3.8) is 0 Å². The van der Waals surface area contributed by atoms with Crippen molar-refractivity contribution < 1.29 is 13.5 Å².